The SMILES string of the molecule is Cc1nc(CNS(=O)(=O)c2cccc(C(=O)O)c2C)no1. The smallest absolute Gasteiger partial charge is 0.335 e. The van der Waals surface area contributed by atoms with Crippen LogP contribution in [-0.2, 0) is 16.6 Å². The lowest BCUT2D eigenvalue weighted by atomic mass is 10.1. The summed E-state index contributed by atoms with van der Waals surface area (Å²) in [5, 5.41) is 12.6. The van der Waals surface area contributed by atoms with Crippen LogP contribution in [-0.4, -0.2) is 29.6 Å². The molecule has 2 N–H and O–H groups in total. The van der Waals surface area contributed by atoms with Crippen LogP contribution in [0.1, 0.15) is 27.6 Å². The Morgan fingerprint density at radius 2 is 2.10 bits per heavy atom. The van der Waals surface area contributed by atoms with Crippen molar-refractivity contribution in [1.82, 2.24) is 14.9 Å². The van der Waals surface area contributed by atoms with Gasteiger partial charge < -0.3 is 9.63 Å². The predicted octanol–water partition coefficient (Wildman–Crippen LogP) is 0.863. The number of aromatic carboxylic acids is 1. The molecule has 21 heavy (non-hydrogen) atoms. The minimum atomic E-state index is -3.87. The molecular weight excluding hydrogens is 298 g/mol. The van der Waals surface area contributed by atoms with E-state index in [2.05, 4.69) is 14.9 Å². The number of rotatable bonds is 5. The zero-order valence-corrected chi connectivity index (χ0v) is 12.1. The number of aryl methyl sites for hydroxylation is 1. The summed E-state index contributed by atoms with van der Waals surface area (Å²) < 4.78 is 31.5. The summed E-state index contributed by atoms with van der Waals surface area (Å²) in [4.78, 5) is 14.8. The summed E-state index contributed by atoms with van der Waals surface area (Å²) in [6.45, 7) is 2.89. The molecule has 0 aliphatic heterocycles. The number of nitrogens with zero attached hydrogens (tertiary/aromatic N) is 2. The van der Waals surface area contributed by atoms with Crippen molar-refractivity contribution in [3.8, 4) is 0 Å². The molecule has 2 rings (SSSR count). The molecule has 0 aliphatic rings. The van der Waals surface area contributed by atoms with Gasteiger partial charge in [0.1, 0.15) is 0 Å². The zero-order valence-electron chi connectivity index (χ0n) is 11.3. The first kappa shape index (κ1) is 15.1. The lowest BCUT2D eigenvalue weighted by Crippen LogP contribution is -2.25. The fourth-order valence-electron chi connectivity index (χ4n) is 1.79. The van der Waals surface area contributed by atoms with Crippen LogP contribution in [0.4, 0.5) is 0 Å². The minimum Gasteiger partial charge on any atom is -0.478 e. The lowest BCUT2D eigenvalue weighted by molar-refractivity contribution is 0.0696. The van der Waals surface area contributed by atoms with Gasteiger partial charge in [0.2, 0.25) is 15.9 Å². The number of carbonyl (C=O) groups is 1. The Hall–Kier alpha value is -2.26. The second kappa shape index (κ2) is 5.62. The van der Waals surface area contributed by atoms with Gasteiger partial charge in [-0.05, 0) is 24.6 Å². The van der Waals surface area contributed by atoms with E-state index in [1.165, 1.54) is 25.1 Å². The van der Waals surface area contributed by atoms with Crippen molar-refractivity contribution in [3.63, 3.8) is 0 Å². The number of nitrogens with one attached hydrogen (secondary N) is 1. The average molecular weight is 311 g/mol. The van der Waals surface area contributed by atoms with E-state index in [9.17, 15) is 13.2 Å². The molecule has 0 saturated carbocycles. The molecule has 0 bridgehead atoms. The van der Waals surface area contributed by atoms with Crippen LogP contribution in [0.15, 0.2) is 27.6 Å². The van der Waals surface area contributed by atoms with Crippen LogP contribution in [0.3, 0.4) is 0 Å². The van der Waals surface area contributed by atoms with Gasteiger partial charge in [-0.2, -0.15) is 4.98 Å². The number of carboxylic acids is 1. The molecule has 0 unspecified atom stereocenters. The van der Waals surface area contributed by atoms with E-state index in [1.54, 1.807) is 6.92 Å². The largest absolute Gasteiger partial charge is 0.478 e. The molecule has 2 aromatic rings. The van der Waals surface area contributed by atoms with Gasteiger partial charge in [-0.3, -0.25) is 0 Å². The number of hydrogen-bond donors (Lipinski definition) is 2. The molecule has 0 spiro atoms. The van der Waals surface area contributed by atoms with E-state index >= 15 is 0 Å². The number of sulfonamides is 1. The first-order valence-corrected chi connectivity index (χ1v) is 7.41. The van der Waals surface area contributed by atoms with Gasteiger partial charge in [-0.1, -0.05) is 11.2 Å². The molecule has 0 atom stereocenters. The van der Waals surface area contributed by atoms with Gasteiger partial charge in [-0.25, -0.2) is 17.9 Å². The molecule has 1 heterocycles. The summed E-state index contributed by atoms with van der Waals surface area (Å²) in [5.41, 5.74) is 0.107. The molecule has 112 valence electrons. The summed E-state index contributed by atoms with van der Waals surface area (Å²) in [6, 6.07) is 4.06. The maximum atomic E-state index is 12.2. The maximum Gasteiger partial charge on any atom is 0.335 e. The highest BCUT2D eigenvalue weighted by Crippen LogP contribution is 2.19. The topological polar surface area (TPSA) is 122 Å². The molecular formula is C12H13N3O5S. The summed E-state index contributed by atoms with van der Waals surface area (Å²) in [5.74, 6) is -0.658. The molecule has 0 amide bonds. The van der Waals surface area contributed by atoms with E-state index in [1.807, 2.05) is 0 Å². The summed E-state index contributed by atoms with van der Waals surface area (Å²) >= 11 is 0. The molecule has 0 fully saturated rings. The zero-order chi connectivity index (χ0) is 15.6. The predicted molar refractivity (Wildman–Crippen MR) is 71.2 cm³/mol. The van der Waals surface area contributed by atoms with E-state index in [0.29, 0.717) is 5.89 Å². The third-order valence-corrected chi connectivity index (χ3v) is 4.34. The highest BCUT2D eigenvalue weighted by atomic mass is 32.2. The molecule has 8 nitrogen and oxygen atoms in total. The first-order valence-electron chi connectivity index (χ1n) is 5.93. The van der Waals surface area contributed by atoms with Gasteiger partial charge in [0.15, 0.2) is 5.82 Å². The number of aromatic nitrogens is 2. The van der Waals surface area contributed by atoms with Crippen LogP contribution in [0.2, 0.25) is 0 Å². The van der Waals surface area contributed by atoms with Crippen molar-refractivity contribution in [2.24, 2.45) is 0 Å². The molecule has 1 aromatic carbocycles. The Balaban J connectivity index is 2.27. The Morgan fingerprint density at radius 1 is 1.38 bits per heavy atom. The van der Waals surface area contributed by atoms with E-state index in [-0.39, 0.29) is 28.4 Å². The lowest BCUT2D eigenvalue weighted by Gasteiger charge is -2.09. The second-order valence-electron chi connectivity index (χ2n) is 4.29. The van der Waals surface area contributed by atoms with Gasteiger partial charge in [0, 0.05) is 6.92 Å². The Morgan fingerprint density at radius 3 is 2.67 bits per heavy atom. The highest BCUT2D eigenvalue weighted by Gasteiger charge is 2.21. The van der Waals surface area contributed by atoms with Gasteiger partial charge in [0.25, 0.3) is 0 Å². The fraction of sp³-hybridized carbons (Fsp3) is 0.250. The molecule has 0 aliphatic carbocycles. The van der Waals surface area contributed by atoms with Crippen molar-refractivity contribution < 1.29 is 22.8 Å². The standard InChI is InChI=1S/C12H13N3O5S/c1-7-9(12(16)17)4-3-5-10(7)21(18,19)13-6-11-14-8(2)20-15-11/h3-5,13H,6H2,1-2H3,(H,16,17). The van der Waals surface area contributed by atoms with Crippen molar-refractivity contribution >= 4 is 16.0 Å². The van der Waals surface area contributed by atoms with E-state index in [0.717, 1.165) is 0 Å². The first-order chi connectivity index (χ1) is 9.81. The van der Waals surface area contributed by atoms with E-state index in [4.69, 9.17) is 9.63 Å². The average Bonchev–Trinajstić information content (AvgIpc) is 2.82. The van der Waals surface area contributed by atoms with Crippen LogP contribution in [0.5, 0.6) is 0 Å². The number of hydrogen-bond acceptors (Lipinski definition) is 6. The van der Waals surface area contributed by atoms with Crippen LogP contribution >= 0.6 is 0 Å². The molecule has 9 heteroatoms. The third-order valence-electron chi connectivity index (χ3n) is 2.79. The monoisotopic (exact) mass is 311 g/mol. The number of benzene rings is 1. The minimum absolute atomic E-state index is 0.0618. The Bertz CT molecular complexity index is 782. The van der Waals surface area contributed by atoms with Crippen molar-refractivity contribution in [2.45, 2.75) is 25.3 Å². The summed E-state index contributed by atoms with van der Waals surface area (Å²) in [7, 11) is -3.87. The normalized spacial score (nSPS) is 11.5. The van der Waals surface area contributed by atoms with Crippen LogP contribution in [0, 0.1) is 13.8 Å². The van der Waals surface area contributed by atoms with Crippen molar-refractivity contribution in [1.29, 1.82) is 0 Å². The van der Waals surface area contributed by atoms with Gasteiger partial charge in [-0.15, -0.1) is 0 Å². The summed E-state index contributed by atoms with van der Waals surface area (Å²) in [6.07, 6.45) is 0. The molecule has 0 saturated heterocycles. The Kier molecular flexibility index (Phi) is 4.05. The van der Waals surface area contributed by atoms with E-state index < -0.39 is 16.0 Å². The number of carboxylic acid groups (broad SMARTS) is 1. The van der Waals surface area contributed by atoms with Gasteiger partial charge >= 0.3 is 5.97 Å². The van der Waals surface area contributed by atoms with Crippen LogP contribution in [0.25, 0.3) is 0 Å². The van der Waals surface area contributed by atoms with Gasteiger partial charge in [0.05, 0.1) is 17.0 Å². The van der Waals surface area contributed by atoms with Crippen LogP contribution < -0.4 is 4.72 Å². The molecule has 0 radical (unpaired) electrons. The molecule has 1 aromatic heterocycles. The second-order valence-corrected chi connectivity index (χ2v) is 6.02. The highest BCUT2D eigenvalue weighted by molar-refractivity contribution is 7.89. The maximum absolute atomic E-state index is 12.2. The van der Waals surface area contributed by atoms with Crippen molar-refractivity contribution in [2.75, 3.05) is 0 Å². The quantitative estimate of drug-likeness (QED) is 0.839. The third kappa shape index (κ3) is 3.26. The Labute approximate surface area is 120 Å². The van der Waals surface area contributed by atoms with Crippen molar-refractivity contribution in [3.05, 3.63) is 41.0 Å². The fourth-order valence-corrected chi connectivity index (χ4v) is 3.03.